The summed E-state index contributed by atoms with van der Waals surface area (Å²) in [7, 11) is 1.81. The van der Waals surface area contributed by atoms with Crippen molar-refractivity contribution in [2.24, 2.45) is 7.05 Å². The summed E-state index contributed by atoms with van der Waals surface area (Å²) in [5.41, 5.74) is 2.36. The molecule has 100 valence electrons. The van der Waals surface area contributed by atoms with E-state index in [1.807, 2.05) is 20.0 Å². The highest BCUT2D eigenvalue weighted by molar-refractivity contribution is 6.42. The Morgan fingerprint density at radius 1 is 1.32 bits per heavy atom. The van der Waals surface area contributed by atoms with Gasteiger partial charge in [0.05, 0.1) is 21.3 Å². The average molecular weight is 297 g/mol. The molecule has 3 nitrogen and oxygen atoms in total. The minimum atomic E-state index is 0.0448. The van der Waals surface area contributed by atoms with Gasteiger partial charge in [0.15, 0.2) is 5.78 Å². The van der Waals surface area contributed by atoms with Crippen molar-refractivity contribution < 1.29 is 4.79 Å². The van der Waals surface area contributed by atoms with Gasteiger partial charge in [-0.05, 0) is 24.1 Å². The van der Waals surface area contributed by atoms with Crippen LogP contribution in [0.4, 0.5) is 0 Å². The molecule has 0 saturated heterocycles. The van der Waals surface area contributed by atoms with Crippen LogP contribution in [0.5, 0.6) is 0 Å². The van der Waals surface area contributed by atoms with Gasteiger partial charge in [-0.15, -0.1) is 0 Å². The quantitative estimate of drug-likeness (QED) is 0.806. The average Bonchev–Trinajstić information content (AvgIpc) is 2.75. The van der Waals surface area contributed by atoms with E-state index in [1.54, 1.807) is 23.0 Å². The number of carbonyl (C=O) groups excluding carboxylic acids is 1. The number of nitrogens with zero attached hydrogens (tertiary/aromatic N) is 2. The van der Waals surface area contributed by atoms with Crippen LogP contribution >= 0.6 is 23.2 Å². The van der Waals surface area contributed by atoms with Crippen LogP contribution in [-0.4, -0.2) is 15.6 Å². The maximum absolute atomic E-state index is 12.3. The lowest BCUT2D eigenvalue weighted by atomic mass is 10.0. The topological polar surface area (TPSA) is 34.9 Å². The second kappa shape index (κ2) is 5.76. The predicted octanol–water partition coefficient (Wildman–Crippen LogP) is 3.71. The number of hydrogen-bond acceptors (Lipinski definition) is 2. The molecule has 0 N–H and O–H groups in total. The van der Waals surface area contributed by atoms with Crippen LogP contribution in [0.2, 0.25) is 10.0 Å². The fourth-order valence-corrected chi connectivity index (χ4v) is 2.28. The van der Waals surface area contributed by atoms with Crippen LogP contribution in [0.1, 0.15) is 28.5 Å². The zero-order chi connectivity index (χ0) is 14.0. The summed E-state index contributed by atoms with van der Waals surface area (Å²) in [5, 5.41) is 5.23. The standard InChI is InChI=1S/C14H14Cl2N2O/c1-3-13-10(8-18(2)17-13)14(19)7-9-4-5-11(15)12(16)6-9/h4-6,8H,3,7H2,1-2H3. The van der Waals surface area contributed by atoms with E-state index in [-0.39, 0.29) is 5.78 Å². The van der Waals surface area contributed by atoms with Gasteiger partial charge >= 0.3 is 0 Å². The molecule has 1 heterocycles. The highest BCUT2D eigenvalue weighted by atomic mass is 35.5. The maximum Gasteiger partial charge on any atom is 0.170 e. The van der Waals surface area contributed by atoms with E-state index in [4.69, 9.17) is 23.2 Å². The second-order valence-corrected chi connectivity index (χ2v) is 5.18. The Labute approximate surface area is 122 Å². The summed E-state index contributed by atoms with van der Waals surface area (Å²) in [6.45, 7) is 1.98. The first-order chi connectivity index (χ1) is 9.01. The molecule has 0 amide bonds. The lowest BCUT2D eigenvalue weighted by Gasteiger charge is -2.03. The van der Waals surface area contributed by atoms with Crippen LogP contribution in [0.3, 0.4) is 0 Å². The first kappa shape index (κ1) is 14.1. The number of aromatic nitrogens is 2. The molecule has 0 aliphatic heterocycles. The first-order valence-electron chi connectivity index (χ1n) is 6.01. The molecule has 1 aromatic carbocycles. The van der Waals surface area contributed by atoms with E-state index >= 15 is 0 Å². The largest absolute Gasteiger partial charge is 0.294 e. The van der Waals surface area contributed by atoms with Crippen molar-refractivity contribution in [1.82, 2.24) is 9.78 Å². The number of halogens is 2. The summed E-state index contributed by atoms with van der Waals surface area (Å²) >= 11 is 11.8. The SMILES string of the molecule is CCc1nn(C)cc1C(=O)Cc1ccc(Cl)c(Cl)c1. The molecule has 2 aromatic rings. The van der Waals surface area contributed by atoms with Crippen LogP contribution in [0, 0.1) is 0 Å². The lowest BCUT2D eigenvalue weighted by Crippen LogP contribution is -2.05. The van der Waals surface area contributed by atoms with E-state index in [0.717, 1.165) is 17.7 Å². The van der Waals surface area contributed by atoms with Crippen molar-refractivity contribution in [3.8, 4) is 0 Å². The molecule has 1 aromatic heterocycles. The summed E-state index contributed by atoms with van der Waals surface area (Å²) < 4.78 is 1.67. The van der Waals surface area contributed by atoms with E-state index in [2.05, 4.69) is 5.10 Å². The van der Waals surface area contributed by atoms with E-state index in [1.165, 1.54) is 0 Å². The molecular weight excluding hydrogens is 283 g/mol. The maximum atomic E-state index is 12.3. The molecule has 0 aliphatic rings. The molecule has 0 bridgehead atoms. The Morgan fingerprint density at radius 3 is 2.68 bits per heavy atom. The van der Waals surface area contributed by atoms with Crippen LogP contribution in [0.15, 0.2) is 24.4 Å². The Kier molecular flexibility index (Phi) is 4.27. The van der Waals surface area contributed by atoms with Crippen molar-refractivity contribution in [2.75, 3.05) is 0 Å². The summed E-state index contributed by atoms with van der Waals surface area (Å²) in [5.74, 6) is 0.0448. The van der Waals surface area contributed by atoms with E-state index in [0.29, 0.717) is 22.0 Å². The Hall–Kier alpha value is -1.32. The summed E-state index contributed by atoms with van der Waals surface area (Å²) in [6.07, 6.45) is 2.80. The van der Waals surface area contributed by atoms with Crippen LogP contribution in [0.25, 0.3) is 0 Å². The zero-order valence-electron chi connectivity index (χ0n) is 10.8. The predicted molar refractivity (Wildman–Crippen MR) is 77.1 cm³/mol. The first-order valence-corrected chi connectivity index (χ1v) is 6.76. The van der Waals surface area contributed by atoms with E-state index < -0.39 is 0 Å². The monoisotopic (exact) mass is 296 g/mol. The molecule has 0 fully saturated rings. The highest BCUT2D eigenvalue weighted by Gasteiger charge is 2.15. The normalized spacial score (nSPS) is 10.7. The van der Waals surface area contributed by atoms with Crippen molar-refractivity contribution in [1.29, 1.82) is 0 Å². The molecule has 2 rings (SSSR count). The smallest absolute Gasteiger partial charge is 0.170 e. The number of hydrogen-bond donors (Lipinski definition) is 0. The molecule has 0 aliphatic carbocycles. The third-order valence-corrected chi connectivity index (χ3v) is 3.63. The second-order valence-electron chi connectivity index (χ2n) is 4.37. The van der Waals surface area contributed by atoms with Gasteiger partial charge in [0.2, 0.25) is 0 Å². The van der Waals surface area contributed by atoms with Gasteiger partial charge in [-0.1, -0.05) is 36.2 Å². The van der Waals surface area contributed by atoms with Gasteiger partial charge in [0.25, 0.3) is 0 Å². The van der Waals surface area contributed by atoms with Gasteiger partial charge in [-0.3, -0.25) is 9.48 Å². The molecule has 0 spiro atoms. The minimum absolute atomic E-state index is 0.0448. The van der Waals surface area contributed by atoms with Crippen LogP contribution in [-0.2, 0) is 19.9 Å². The molecule has 0 saturated carbocycles. The number of ketones is 1. The number of benzene rings is 1. The Bertz CT molecular complexity index is 620. The molecule has 0 radical (unpaired) electrons. The number of rotatable bonds is 4. The molecule has 5 heteroatoms. The third-order valence-electron chi connectivity index (χ3n) is 2.89. The Morgan fingerprint density at radius 2 is 2.05 bits per heavy atom. The fourth-order valence-electron chi connectivity index (χ4n) is 1.96. The van der Waals surface area contributed by atoms with Crippen molar-refractivity contribution in [3.63, 3.8) is 0 Å². The minimum Gasteiger partial charge on any atom is -0.294 e. The number of aryl methyl sites for hydroxylation is 2. The van der Waals surface area contributed by atoms with Crippen molar-refractivity contribution >= 4 is 29.0 Å². The molecule has 19 heavy (non-hydrogen) atoms. The van der Waals surface area contributed by atoms with Crippen LogP contribution < -0.4 is 0 Å². The van der Waals surface area contributed by atoms with Gasteiger partial charge in [0, 0.05) is 19.7 Å². The van der Waals surface area contributed by atoms with E-state index in [9.17, 15) is 4.79 Å². The zero-order valence-corrected chi connectivity index (χ0v) is 12.3. The third kappa shape index (κ3) is 3.17. The van der Waals surface area contributed by atoms with Gasteiger partial charge in [-0.2, -0.15) is 5.10 Å². The lowest BCUT2D eigenvalue weighted by molar-refractivity contribution is 0.0992. The van der Waals surface area contributed by atoms with Gasteiger partial charge < -0.3 is 0 Å². The summed E-state index contributed by atoms with van der Waals surface area (Å²) in [6, 6.07) is 5.24. The molecular formula is C14H14Cl2N2O. The van der Waals surface area contributed by atoms with Gasteiger partial charge in [0.1, 0.15) is 0 Å². The summed E-state index contributed by atoms with van der Waals surface area (Å²) in [4.78, 5) is 12.3. The Balaban J connectivity index is 2.22. The highest BCUT2D eigenvalue weighted by Crippen LogP contribution is 2.23. The number of Topliss-reactive ketones (excluding diaryl/α,β-unsaturated/α-hetero) is 1. The number of carbonyl (C=O) groups is 1. The molecule has 0 atom stereocenters. The van der Waals surface area contributed by atoms with Crippen molar-refractivity contribution in [2.45, 2.75) is 19.8 Å². The van der Waals surface area contributed by atoms with Gasteiger partial charge in [-0.25, -0.2) is 0 Å². The van der Waals surface area contributed by atoms with Crippen molar-refractivity contribution in [3.05, 3.63) is 51.3 Å². The molecule has 0 unspecified atom stereocenters. The fraction of sp³-hybridized carbons (Fsp3) is 0.286.